The minimum Gasteiger partial charge on any atom is -0.335 e. The number of halogens is 1. The summed E-state index contributed by atoms with van der Waals surface area (Å²) < 4.78 is 0. The summed E-state index contributed by atoms with van der Waals surface area (Å²) in [6.45, 7) is 2.93. The van der Waals surface area contributed by atoms with Crippen molar-refractivity contribution in [3.05, 3.63) is 34.9 Å². The van der Waals surface area contributed by atoms with Gasteiger partial charge in [0.15, 0.2) is 0 Å². The Balaban J connectivity index is 1.71. The largest absolute Gasteiger partial charge is 0.335 e. The number of benzene rings is 1. The van der Waals surface area contributed by atoms with E-state index in [1.807, 2.05) is 24.3 Å². The van der Waals surface area contributed by atoms with Crippen LogP contribution < -0.4 is 0 Å². The number of hydrogen-bond acceptors (Lipinski definition) is 3. The van der Waals surface area contributed by atoms with Crippen LogP contribution in [0.25, 0.3) is 0 Å². The highest BCUT2D eigenvalue weighted by atomic mass is 35.5. The van der Waals surface area contributed by atoms with Gasteiger partial charge in [0, 0.05) is 38.2 Å². The Morgan fingerprint density at radius 1 is 1.29 bits per heavy atom. The Bertz CT molecular complexity index is 578. The van der Waals surface area contributed by atoms with Gasteiger partial charge in [0.2, 0.25) is 11.8 Å². The minimum atomic E-state index is -0.343. The standard InChI is InChI=1S/C15H18ClN3O2/c1-17-10-14(20)19-6-5-18(9-13(19)15(17)21)8-11-3-2-4-12(16)7-11/h2-4,7,13H,5-6,8-10H2,1H3/t13-/m1/s1. The molecule has 21 heavy (non-hydrogen) atoms. The molecule has 2 saturated heterocycles. The maximum atomic E-state index is 12.2. The first-order valence-corrected chi connectivity index (χ1v) is 7.43. The van der Waals surface area contributed by atoms with E-state index in [0.717, 1.165) is 23.7 Å². The van der Waals surface area contributed by atoms with Crippen LogP contribution in [0.2, 0.25) is 5.02 Å². The van der Waals surface area contributed by atoms with Crippen LogP contribution in [0, 0.1) is 0 Å². The molecule has 2 heterocycles. The summed E-state index contributed by atoms with van der Waals surface area (Å²) in [5.74, 6) is 0.0786. The summed E-state index contributed by atoms with van der Waals surface area (Å²) in [4.78, 5) is 29.7. The van der Waals surface area contributed by atoms with E-state index in [0.29, 0.717) is 13.1 Å². The van der Waals surface area contributed by atoms with Gasteiger partial charge in [0.1, 0.15) is 6.04 Å². The lowest BCUT2D eigenvalue weighted by Crippen LogP contribution is -2.65. The SMILES string of the molecule is CN1CC(=O)N2CCN(Cc3cccc(Cl)c3)C[C@@H]2C1=O. The molecule has 2 aliphatic rings. The number of fused-ring (bicyclic) bond motifs is 1. The highest BCUT2D eigenvalue weighted by molar-refractivity contribution is 6.30. The molecule has 112 valence electrons. The van der Waals surface area contributed by atoms with Gasteiger partial charge in [0.05, 0.1) is 6.54 Å². The summed E-state index contributed by atoms with van der Waals surface area (Å²) in [5.41, 5.74) is 1.12. The van der Waals surface area contributed by atoms with Gasteiger partial charge in [-0.2, -0.15) is 0 Å². The fourth-order valence-corrected chi connectivity index (χ4v) is 3.23. The number of rotatable bonds is 2. The second-order valence-electron chi connectivity index (χ2n) is 5.66. The van der Waals surface area contributed by atoms with E-state index in [1.54, 1.807) is 11.9 Å². The molecule has 0 bridgehead atoms. The summed E-state index contributed by atoms with van der Waals surface area (Å²) in [6.07, 6.45) is 0. The topological polar surface area (TPSA) is 43.9 Å². The highest BCUT2D eigenvalue weighted by Gasteiger charge is 2.40. The number of nitrogens with zero attached hydrogens (tertiary/aromatic N) is 3. The summed E-state index contributed by atoms with van der Waals surface area (Å²) in [7, 11) is 1.69. The van der Waals surface area contributed by atoms with Gasteiger partial charge in [-0.1, -0.05) is 23.7 Å². The van der Waals surface area contributed by atoms with E-state index in [2.05, 4.69) is 4.90 Å². The van der Waals surface area contributed by atoms with Gasteiger partial charge in [-0.15, -0.1) is 0 Å². The van der Waals surface area contributed by atoms with E-state index in [1.165, 1.54) is 4.90 Å². The molecule has 2 fully saturated rings. The van der Waals surface area contributed by atoms with Crippen molar-refractivity contribution in [3.63, 3.8) is 0 Å². The summed E-state index contributed by atoms with van der Waals surface area (Å²) in [5, 5.41) is 0.717. The average molecular weight is 308 g/mol. The van der Waals surface area contributed by atoms with Gasteiger partial charge < -0.3 is 9.80 Å². The van der Waals surface area contributed by atoms with Crippen molar-refractivity contribution < 1.29 is 9.59 Å². The number of likely N-dealkylation sites (N-methyl/N-ethyl adjacent to an activating group) is 1. The third-order valence-corrected chi connectivity index (χ3v) is 4.35. The van der Waals surface area contributed by atoms with Crippen molar-refractivity contribution >= 4 is 23.4 Å². The van der Waals surface area contributed by atoms with Crippen molar-refractivity contribution in [1.82, 2.24) is 14.7 Å². The van der Waals surface area contributed by atoms with E-state index in [-0.39, 0.29) is 24.4 Å². The van der Waals surface area contributed by atoms with Crippen molar-refractivity contribution in [2.45, 2.75) is 12.6 Å². The lowest BCUT2D eigenvalue weighted by Gasteiger charge is -2.45. The molecule has 1 aromatic carbocycles. The van der Waals surface area contributed by atoms with E-state index in [9.17, 15) is 9.59 Å². The van der Waals surface area contributed by atoms with E-state index >= 15 is 0 Å². The van der Waals surface area contributed by atoms with Crippen LogP contribution in [0.5, 0.6) is 0 Å². The molecule has 3 rings (SSSR count). The van der Waals surface area contributed by atoms with E-state index < -0.39 is 0 Å². The summed E-state index contributed by atoms with van der Waals surface area (Å²) in [6, 6.07) is 7.40. The highest BCUT2D eigenvalue weighted by Crippen LogP contribution is 2.19. The van der Waals surface area contributed by atoms with Crippen LogP contribution in [0.4, 0.5) is 0 Å². The second-order valence-corrected chi connectivity index (χ2v) is 6.10. The Labute approximate surface area is 129 Å². The van der Waals surface area contributed by atoms with Gasteiger partial charge in [0.25, 0.3) is 0 Å². The van der Waals surface area contributed by atoms with Crippen LogP contribution in [-0.2, 0) is 16.1 Å². The molecule has 0 N–H and O–H groups in total. The Morgan fingerprint density at radius 3 is 2.86 bits per heavy atom. The molecule has 1 aromatic rings. The molecule has 0 unspecified atom stereocenters. The van der Waals surface area contributed by atoms with Gasteiger partial charge in [-0.05, 0) is 17.7 Å². The first-order chi connectivity index (χ1) is 10.0. The molecule has 1 atom stereocenters. The van der Waals surface area contributed by atoms with Crippen molar-refractivity contribution in [3.8, 4) is 0 Å². The van der Waals surface area contributed by atoms with Crippen LogP contribution in [0.15, 0.2) is 24.3 Å². The maximum absolute atomic E-state index is 12.2. The number of carbonyl (C=O) groups is 2. The molecular formula is C15H18ClN3O2. The predicted octanol–water partition coefficient (Wildman–Crippen LogP) is 0.825. The Kier molecular flexibility index (Phi) is 3.87. The third-order valence-electron chi connectivity index (χ3n) is 4.11. The van der Waals surface area contributed by atoms with Crippen molar-refractivity contribution in [2.24, 2.45) is 0 Å². The lowest BCUT2D eigenvalue weighted by atomic mass is 10.1. The van der Waals surface area contributed by atoms with E-state index in [4.69, 9.17) is 11.6 Å². The minimum absolute atomic E-state index is 0.0328. The van der Waals surface area contributed by atoms with Crippen molar-refractivity contribution in [2.75, 3.05) is 33.2 Å². The quantitative estimate of drug-likeness (QED) is 0.813. The molecule has 6 heteroatoms. The van der Waals surface area contributed by atoms with Crippen LogP contribution >= 0.6 is 11.6 Å². The molecule has 0 saturated carbocycles. The van der Waals surface area contributed by atoms with Crippen molar-refractivity contribution in [1.29, 1.82) is 0 Å². The number of amides is 2. The fourth-order valence-electron chi connectivity index (χ4n) is 3.01. The van der Waals surface area contributed by atoms with Crippen LogP contribution in [0.3, 0.4) is 0 Å². The molecule has 2 amide bonds. The molecule has 0 aromatic heterocycles. The van der Waals surface area contributed by atoms with Gasteiger partial charge >= 0.3 is 0 Å². The first-order valence-electron chi connectivity index (χ1n) is 7.06. The zero-order chi connectivity index (χ0) is 15.0. The molecule has 5 nitrogen and oxygen atoms in total. The normalized spacial score (nSPS) is 23.4. The summed E-state index contributed by atoms with van der Waals surface area (Å²) >= 11 is 6.00. The monoisotopic (exact) mass is 307 g/mol. The molecule has 2 aliphatic heterocycles. The van der Waals surface area contributed by atoms with Crippen LogP contribution in [0.1, 0.15) is 5.56 Å². The van der Waals surface area contributed by atoms with Gasteiger partial charge in [-0.3, -0.25) is 14.5 Å². The Morgan fingerprint density at radius 2 is 2.10 bits per heavy atom. The van der Waals surface area contributed by atoms with Crippen LogP contribution in [-0.4, -0.2) is 65.8 Å². The number of piperazine rings is 2. The number of carbonyl (C=O) groups excluding carboxylic acids is 2. The van der Waals surface area contributed by atoms with Gasteiger partial charge in [-0.25, -0.2) is 0 Å². The Hall–Kier alpha value is -1.59. The molecule has 0 aliphatic carbocycles. The molecule has 0 spiro atoms. The predicted molar refractivity (Wildman–Crippen MR) is 79.9 cm³/mol. The zero-order valence-electron chi connectivity index (χ0n) is 12.0. The number of hydrogen-bond donors (Lipinski definition) is 0. The second kappa shape index (κ2) is 5.66. The molecule has 0 radical (unpaired) electrons. The fraction of sp³-hybridized carbons (Fsp3) is 0.467. The lowest BCUT2D eigenvalue weighted by molar-refractivity contribution is -0.158. The maximum Gasteiger partial charge on any atom is 0.246 e. The average Bonchev–Trinajstić information content (AvgIpc) is 2.45. The third kappa shape index (κ3) is 2.89. The zero-order valence-corrected chi connectivity index (χ0v) is 12.7. The first kappa shape index (κ1) is 14.4. The molecular weight excluding hydrogens is 290 g/mol. The smallest absolute Gasteiger partial charge is 0.246 e.